The molecular weight excluding hydrogens is 355 g/mol. The standard InChI is InChI=1S/C19H22F3N5/c1-27-8-2-3-13(11-27)15-10-17(26-18(24-15)12-4-5-12)25-16-9-14(6-7-23-16)19(20,21)22/h6-7,9-10,12-13H,2-5,8,11H2,1H3,(H,23,24,25,26). The summed E-state index contributed by atoms with van der Waals surface area (Å²) in [5.74, 6) is 2.12. The van der Waals surface area contributed by atoms with Gasteiger partial charge in [-0.15, -0.1) is 0 Å². The number of halogens is 3. The maximum atomic E-state index is 12.9. The monoisotopic (exact) mass is 377 g/mol. The molecule has 2 aliphatic rings. The van der Waals surface area contributed by atoms with Crippen LogP contribution in [0.2, 0.25) is 0 Å². The van der Waals surface area contributed by atoms with Gasteiger partial charge in [0.25, 0.3) is 0 Å². The molecule has 1 saturated carbocycles. The molecule has 0 amide bonds. The summed E-state index contributed by atoms with van der Waals surface area (Å²) in [6.07, 6.45) is 1.06. The first kappa shape index (κ1) is 18.2. The van der Waals surface area contributed by atoms with Crippen LogP contribution in [0.3, 0.4) is 0 Å². The Labute approximate surface area is 156 Å². The molecule has 0 spiro atoms. The predicted molar refractivity (Wildman–Crippen MR) is 96.0 cm³/mol. The molecule has 2 fully saturated rings. The number of nitrogens with one attached hydrogen (secondary N) is 1. The molecule has 1 N–H and O–H groups in total. The molecule has 8 heteroatoms. The van der Waals surface area contributed by atoms with Crippen molar-refractivity contribution in [2.45, 2.75) is 43.7 Å². The Morgan fingerprint density at radius 3 is 2.59 bits per heavy atom. The molecule has 0 bridgehead atoms. The second kappa shape index (κ2) is 7.07. The highest BCUT2D eigenvalue weighted by molar-refractivity contribution is 5.53. The van der Waals surface area contributed by atoms with Gasteiger partial charge in [-0.25, -0.2) is 15.0 Å². The minimum absolute atomic E-state index is 0.136. The molecule has 4 rings (SSSR count). The maximum absolute atomic E-state index is 12.9. The first-order valence-electron chi connectivity index (χ1n) is 9.26. The normalized spacial score (nSPS) is 21.3. The van der Waals surface area contributed by atoms with Gasteiger partial charge in [0.2, 0.25) is 0 Å². The summed E-state index contributed by atoms with van der Waals surface area (Å²) in [5.41, 5.74) is 0.235. The summed E-state index contributed by atoms with van der Waals surface area (Å²) in [5, 5.41) is 2.95. The van der Waals surface area contributed by atoms with E-state index in [1.165, 1.54) is 0 Å². The highest BCUT2D eigenvalue weighted by Crippen LogP contribution is 2.39. The van der Waals surface area contributed by atoms with Crippen LogP contribution in [0.25, 0.3) is 0 Å². The van der Waals surface area contributed by atoms with Gasteiger partial charge in [-0.3, -0.25) is 0 Å². The topological polar surface area (TPSA) is 53.9 Å². The van der Waals surface area contributed by atoms with Crippen LogP contribution >= 0.6 is 0 Å². The van der Waals surface area contributed by atoms with Crippen LogP contribution in [-0.2, 0) is 6.18 Å². The highest BCUT2D eigenvalue weighted by Gasteiger charge is 2.31. The molecule has 0 aromatic carbocycles. The minimum Gasteiger partial charge on any atom is -0.325 e. The third kappa shape index (κ3) is 4.37. The predicted octanol–water partition coefficient (Wildman–Crippen LogP) is 4.32. The van der Waals surface area contributed by atoms with Gasteiger partial charge in [-0.1, -0.05) is 0 Å². The Morgan fingerprint density at radius 2 is 1.89 bits per heavy atom. The molecule has 3 heterocycles. The van der Waals surface area contributed by atoms with Crippen LogP contribution in [0.5, 0.6) is 0 Å². The molecule has 1 aliphatic carbocycles. The number of anilines is 2. The molecule has 2 aromatic heterocycles. The third-order valence-corrected chi connectivity index (χ3v) is 5.09. The molecule has 1 atom stereocenters. The number of rotatable bonds is 4. The average molecular weight is 377 g/mol. The van der Waals surface area contributed by atoms with Crippen LogP contribution in [-0.4, -0.2) is 40.0 Å². The lowest BCUT2D eigenvalue weighted by Crippen LogP contribution is -2.31. The van der Waals surface area contributed by atoms with E-state index in [9.17, 15) is 13.2 Å². The summed E-state index contributed by atoms with van der Waals surface area (Å²) in [6, 6.07) is 3.83. The smallest absolute Gasteiger partial charge is 0.325 e. The van der Waals surface area contributed by atoms with Crippen molar-refractivity contribution in [3.05, 3.63) is 41.5 Å². The summed E-state index contributed by atoms with van der Waals surface area (Å²) in [7, 11) is 2.10. The molecule has 27 heavy (non-hydrogen) atoms. The quantitative estimate of drug-likeness (QED) is 0.860. The van der Waals surface area contributed by atoms with E-state index >= 15 is 0 Å². The van der Waals surface area contributed by atoms with Gasteiger partial charge in [-0.2, -0.15) is 13.2 Å². The van der Waals surface area contributed by atoms with E-state index < -0.39 is 11.7 Å². The Hall–Kier alpha value is -2.22. The number of nitrogens with zero attached hydrogens (tertiary/aromatic N) is 4. The number of piperidine rings is 1. The van der Waals surface area contributed by atoms with Gasteiger partial charge >= 0.3 is 6.18 Å². The number of aromatic nitrogens is 3. The number of likely N-dealkylation sites (N-methyl/N-ethyl adjacent to an activating group) is 1. The number of likely N-dealkylation sites (tertiary alicyclic amines) is 1. The van der Waals surface area contributed by atoms with E-state index in [1.54, 1.807) is 0 Å². The van der Waals surface area contributed by atoms with Crippen molar-refractivity contribution < 1.29 is 13.2 Å². The number of hydrogen-bond acceptors (Lipinski definition) is 5. The van der Waals surface area contributed by atoms with Gasteiger partial charge in [0.1, 0.15) is 17.5 Å². The Morgan fingerprint density at radius 1 is 1.07 bits per heavy atom. The zero-order valence-electron chi connectivity index (χ0n) is 15.1. The van der Waals surface area contributed by atoms with Gasteiger partial charge in [0.05, 0.1) is 11.3 Å². The second-order valence-corrected chi connectivity index (χ2v) is 7.46. The average Bonchev–Trinajstić information content (AvgIpc) is 3.46. The van der Waals surface area contributed by atoms with Gasteiger partial charge < -0.3 is 10.2 Å². The lowest BCUT2D eigenvalue weighted by Gasteiger charge is -2.29. The molecule has 2 aromatic rings. The van der Waals surface area contributed by atoms with Gasteiger partial charge in [-0.05, 0) is 51.4 Å². The molecule has 1 saturated heterocycles. The van der Waals surface area contributed by atoms with E-state index in [0.29, 0.717) is 17.7 Å². The summed E-state index contributed by atoms with van der Waals surface area (Å²) in [4.78, 5) is 15.6. The Kier molecular flexibility index (Phi) is 4.75. The lowest BCUT2D eigenvalue weighted by atomic mass is 9.94. The second-order valence-electron chi connectivity index (χ2n) is 7.46. The van der Waals surface area contributed by atoms with Crippen LogP contribution in [0, 0.1) is 0 Å². The number of pyridine rings is 1. The van der Waals surface area contributed by atoms with E-state index in [-0.39, 0.29) is 5.82 Å². The SMILES string of the molecule is CN1CCCC(c2cc(Nc3cc(C(F)(F)F)ccn3)nc(C3CC3)n2)C1. The zero-order chi connectivity index (χ0) is 19.0. The molecule has 1 unspecified atom stereocenters. The molecular formula is C19H22F3N5. The van der Waals surface area contributed by atoms with Crippen molar-refractivity contribution in [2.24, 2.45) is 0 Å². The fourth-order valence-corrected chi connectivity index (χ4v) is 3.50. The summed E-state index contributed by atoms with van der Waals surface area (Å²) < 4.78 is 38.8. The highest BCUT2D eigenvalue weighted by atomic mass is 19.4. The van der Waals surface area contributed by atoms with Crippen molar-refractivity contribution in [1.82, 2.24) is 19.9 Å². The third-order valence-electron chi connectivity index (χ3n) is 5.09. The van der Waals surface area contributed by atoms with Crippen molar-refractivity contribution in [2.75, 3.05) is 25.5 Å². The first-order valence-corrected chi connectivity index (χ1v) is 9.26. The van der Waals surface area contributed by atoms with Crippen molar-refractivity contribution >= 4 is 11.6 Å². The van der Waals surface area contributed by atoms with Crippen LogP contribution in [0.4, 0.5) is 24.8 Å². The van der Waals surface area contributed by atoms with E-state index in [2.05, 4.69) is 27.2 Å². The Balaban J connectivity index is 1.62. The van der Waals surface area contributed by atoms with Gasteiger partial charge in [0.15, 0.2) is 0 Å². The Bertz CT molecular complexity index is 819. The van der Waals surface area contributed by atoms with Crippen LogP contribution < -0.4 is 5.32 Å². The van der Waals surface area contributed by atoms with Crippen molar-refractivity contribution in [1.29, 1.82) is 0 Å². The largest absolute Gasteiger partial charge is 0.416 e. The lowest BCUT2D eigenvalue weighted by molar-refractivity contribution is -0.137. The van der Waals surface area contributed by atoms with Crippen LogP contribution in [0.1, 0.15) is 54.6 Å². The molecule has 5 nitrogen and oxygen atoms in total. The fourth-order valence-electron chi connectivity index (χ4n) is 3.50. The van der Waals surface area contributed by atoms with E-state index in [4.69, 9.17) is 4.98 Å². The first-order chi connectivity index (χ1) is 12.9. The van der Waals surface area contributed by atoms with Crippen molar-refractivity contribution in [3.8, 4) is 0 Å². The zero-order valence-corrected chi connectivity index (χ0v) is 15.1. The fraction of sp³-hybridized carbons (Fsp3) is 0.526. The number of hydrogen-bond donors (Lipinski definition) is 1. The number of alkyl halides is 3. The van der Waals surface area contributed by atoms with E-state index in [0.717, 1.165) is 68.6 Å². The van der Waals surface area contributed by atoms with E-state index in [1.807, 2.05) is 6.07 Å². The van der Waals surface area contributed by atoms with Gasteiger partial charge in [0, 0.05) is 30.6 Å². The minimum atomic E-state index is -4.40. The molecule has 0 radical (unpaired) electrons. The summed E-state index contributed by atoms with van der Waals surface area (Å²) >= 11 is 0. The molecule has 144 valence electrons. The van der Waals surface area contributed by atoms with Crippen LogP contribution in [0.15, 0.2) is 24.4 Å². The maximum Gasteiger partial charge on any atom is 0.416 e. The summed E-state index contributed by atoms with van der Waals surface area (Å²) in [6.45, 7) is 2.01. The van der Waals surface area contributed by atoms with Crippen molar-refractivity contribution in [3.63, 3.8) is 0 Å². The molecule has 1 aliphatic heterocycles.